The van der Waals surface area contributed by atoms with E-state index in [0.717, 1.165) is 16.0 Å². The minimum atomic E-state index is -5.03. The van der Waals surface area contributed by atoms with Crippen LogP contribution in [0.3, 0.4) is 0 Å². The smallest absolute Gasteiger partial charge is 0.506 e. The SMILES string of the molecule is Cc1cc2c(cc1C)N(C(=O)c1ccccc1)c1c([nH]c(=O)[nH]c1=O)N2C[C@H](O)[C@H](O)/C(O)=C\OP(=O)(O)O. The normalized spacial score (nSPS) is 14.9. The van der Waals surface area contributed by atoms with Crippen molar-refractivity contribution in [2.24, 2.45) is 0 Å². The first-order chi connectivity index (χ1) is 18.3. The minimum absolute atomic E-state index is 0.176. The standard InChI is InChI=1S/C24H25N4O10P/c1-12-8-15-16(9-13(12)2)28(23(33)14-6-4-3-5-7-14)19-21(25-24(34)26-22(19)32)27(15)10-17(29)20(31)18(30)11-38-39(35,36)37/h3-9,11,17,20,29-31H,10H2,1-2H3,(H2,35,36,37)(H2,25,26,32,34)/b18-11+/t17-,20-/m0/s1. The summed E-state index contributed by atoms with van der Waals surface area (Å²) >= 11 is 0. The maximum absolute atomic E-state index is 13.7. The van der Waals surface area contributed by atoms with Gasteiger partial charge in [-0.2, -0.15) is 0 Å². The zero-order valence-electron chi connectivity index (χ0n) is 20.6. The fourth-order valence-electron chi connectivity index (χ4n) is 4.08. The van der Waals surface area contributed by atoms with E-state index >= 15 is 0 Å². The lowest BCUT2D eigenvalue weighted by Crippen LogP contribution is -2.45. The largest absolute Gasteiger partial charge is 0.524 e. The predicted molar refractivity (Wildman–Crippen MR) is 139 cm³/mol. The average Bonchev–Trinajstić information content (AvgIpc) is 2.87. The first kappa shape index (κ1) is 27.8. The van der Waals surface area contributed by atoms with Crippen molar-refractivity contribution in [2.45, 2.75) is 26.1 Å². The third-order valence-corrected chi connectivity index (χ3v) is 6.47. The molecule has 3 aromatic rings. The fourth-order valence-corrected chi connectivity index (χ4v) is 4.32. The van der Waals surface area contributed by atoms with Crippen molar-refractivity contribution in [1.82, 2.24) is 9.97 Å². The molecule has 0 radical (unpaired) electrons. The van der Waals surface area contributed by atoms with E-state index in [4.69, 9.17) is 9.79 Å². The van der Waals surface area contributed by atoms with Gasteiger partial charge in [-0.15, -0.1) is 0 Å². The molecule has 39 heavy (non-hydrogen) atoms. The number of benzene rings is 2. The van der Waals surface area contributed by atoms with Crippen LogP contribution in [0.25, 0.3) is 0 Å². The van der Waals surface area contributed by atoms with Crippen molar-refractivity contribution in [3.63, 3.8) is 0 Å². The summed E-state index contributed by atoms with van der Waals surface area (Å²) in [6, 6.07) is 11.4. The molecule has 0 aliphatic carbocycles. The number of nitrogens with zero attached hydrogens (tertiary/aromatic N) is 2. The van der Waals surface area contributed by atoms with Crippen molar-refractivity contribution in [3.8, 4) is 0 Å². The first-order valence-electron chi connectivity index (χ1n) is 11.4. The third-order valence-electron chi connectivity index (χ3n) is 6.09. The average molecular weight is 560 g/mol. The molecule has 0 unspecified atom stereocenters. The molecule has 0 spiro atoms. The Morgan fingerprint density at radius 3 is 2.28 bits per heavy atom. The number of phosphoric acid groups is 1. The van der Waals surface area contributed by atoms with E-state index < -0.39 is 49.5 Å². The number of aryl methyl sites for hydroxylation is 2. The van der Waals surface area contributed by atoms with Gasteiger partial charge in [0.1, 0.15) is 24.3 Å². The van der Waals surface area contributed by atoms with E-state index in [9.17, 15) is 34.3 Å². The van der Waals surface area contributed by atoms with Gasteiger partial charge in [-0.25, -0.2) is 9.36 Å². The van der Waals surface area contributed by atoms with Gasteiger partial charge in [0, 0.05) is 5.56 Å². The summed E-state index contributed by atoms with van der Waals surface area (Å²) in [5, 5.41) is 31.1. The highest BCUT2D eigenvalue weighted by Crippen LogP contribution is 2.47. The Hall–Kier alpha value is -4.20. The lowest BCUT2D eigenvalue weighted by Gasteiger charge is -2.39. The van der Waals surface area contributed by atoms with E-state index in [0.29, 0.717) is 0 Å². The van der Waals surface area contributed by atoms with Gasteiger partial charge >= 0.3 is 13.5 Å². The number of hydrogen-bond acceptors (Lipinski definition) is 9. The fraction of sp³-hybridized carbons (Fsp3) is 0.208. The second-order valence-electron chi connectivity index (χ2n) is 8.80. The highest BCUT2D eigenvalue weighted by molar-refractivity contribution is 7.46. The molecule has 2 atom stereocenters. The minimum Gasteiger partial charge on any atom is -0.506 e. The van der Waals surface area contributed by atoms with Gasteiger partial charge in [0.2, 0.25) is 0 Å². The van der Waals surface area contributed by atoms with Crippen LogP contribution in [0, 0.1) is 13.8 Å². The van der Waals surface area contributed by atoms with Gasteiger partial charge in [0.25, 0.3) is 11.5 Å². The molecule has 1 aliphatic rings. The van der Waals surface area contributed by atoms with Crippen LogP contribution in [0.1, 0.15) is 21.5 Å². The molecule has 2 aromatic carbocycles. The Morgan fingerprint density at radius 1 is 1.05 bits per heavy atom. The van der Waals surface area contributed by atoms with Crippen LogP contribution in [0.2, 0.25) is 0 Å². The number of aromatic nitrogens is 2. The van der Waals surface area contributed by atoms with E-state index in [1.165, 1.54) is 4.90 Å². The number of anilines is 4. The number of hydrogen-bond donors (Lipinski definition) is 7. The molecule has 7 N–H and O–H groups in total. The molecular weight excluding hydrogens is 535 g/mol. The molecule has 1 aromatic heterocycles. The summed E-state index contributed by atoms with van der Waals surface area (Å²) < 4.78 is 14.9. The van der Waals surface area contributed by atoms with Crippen LogP contribution in [-0.2, 0) is 9.09 Å². The molecule has 0 bridgehead atoms. The molecule has 0 fully saturated rings. The second kappa shape index (κ2) is 10.5. The number of aliphatic hydroxyl groups is 3. The lowest BCUT2D eigenvalue weighted by atomic mass is 10.0. The highest BCUT2D eigenvalue weighted by atomic mass is 31.2. The molecule has 1 aliphatic heterocycles. The quantitative estimate of drug-likeness (QED) is 0.162. The molecule has 4 rings (SSSR count). The number of fused-ring (bicyclic) bond motifs is 2. The monoisotopic (exact) mass is 560 g/mol. The van der Waals surface area contributed by atoms with Crippen molar-refractivity contribution < 1.29 is 39.0 Å². The number of amides is 1. The number of nitrogens with one attached hydrogen (secondary N) is 2. The van der Waals surface area contributed by atoms with Gasteiger partial charge in [-0.1, -0.05) is 18.2 Å². The third kappa shape index (κ3) is 5.65. The van der Waals surface area contributed by atoms with E-state index in [1.54, 1.807) is 56.3 Å². The number of β-amino-alcohol motifs (C(OH)–C–C–N with tert-alkyl or cyclic N) is 1. The number of H-pyrrole nitrogens is 2. The van der Waals surface area contributed by atoms with Gasteiger partial charge in [0.05, 0.1) is 17.9 Å². The maximum Gasteiger partial charge on any atom is 0.524 e. The van der Waals surface area contributed by atoms with Crippen LogP contribution in [-0.4, -0.2) is 59.7 Å². The van der Waals surface area contributed by atoms with Gasteiger partial charge in [-0.3, -0.25) is 34.2 Å². The molecule has 0 saturated carbocycles. The number of rotatable bonds is 7. The van der Waals surface area contributed by atoms with Crippen LogP contribution in [0.15, 0.2) is 64.1 Å². The Balaban J connectivity index is 1.86. The molecule has 0 saturated heterocycles. The van der Waals surface area contributed by atoms with Gasteiger partial charge in [-0.05, 0) is 49.2 Å². The number of carbonyl (C=O) groups excluding carboxylic acids is 1. The topological polar surface area (TPSA) is 217 Å². The number of aliphatic hydroxyl groups excluding tert-OH is 3. The molecule has 15 heteroatoms. The Bertz CT molecular complexity index is 1610. The summed E-state index contributed by atoms with van der Waals surface area (Å²) in [6.07, 6.45) is -3.73. The van der Waals surface area contributed by atoms with Crippen molar-refractivity contribution >= 4 is 36.6 Å². The number of aromatic amines is 2. The zero-order chi connectivity index (χ0) is 28.6. The first-order valence-corrected chi connectivity index (χ1v) is 13.0. The predicted octanol–water partition coefficient (Wildman–Crippen LogP) is 1.34. The van der Waals surface area contributed by atoms with Crippen LogP contribution < -0.4 is 21.0 Å². The van der Waals surface area contributed by atoms with Crippen molar-refractivity contribution in [1.29, 1.82) is 0 Å². The molecule has 206 valence electrons. The molecule has 1 amide bonds. The van der Waals surface area contributed by atoms with E-state index in [1.807, 2.05) is 0 Å². The number of phosphoric ester groups is 1. The van der Waals surface area contributed by atoms with Crippen LogP contribution in [0.5, 0.6) is 0 Å². The lowest BCUT2D eigenvalue weighted by molar-refractivity contribution is 0.0209. The zero-order valence-corrected chi connectivity index (χ0v) is 21.5. The number of carbonyl (C=O) groups is 1. The molecule has 2 heterocycles. The Labute approximate surface area is 220 Å². The summed E-state index contributed by atoms with van der Waals surface area (Å²) in [4.78, 5) is 63.7. The maximum atomic E-state index is 13.7. The van der Waals surface area contributed by atoms with Crippen molar-refractivity contribution in [3.05, 3.63) is 92.0 Å². The van der Waals surface area contributed by atoms with Crippen molar-refractivity contribution in [2.75, 3.05) is 16.3 Å². The van der Waals surface area contributed by atoms with Gasteiger partial charge < -0.3 is 24.7 Å². The highest BCUT2D eigenvalue weighted by Gasteiger charge is 2.38. The summed E-state index contributed by atoms with van der Waals surface area (Å²) in [5.41, 5.74) is 0.220. The Morgan fingerprint density at radius 2 is 1.67 bits per heavy atom. The Kier molecular flexibility index (Phi) is 7.50. The molecular formula is C24H25N4O10P. The second-order valence-corrected chi connectivity index (χ2v) is 9.99. The van der Waals surface area contributed by atoms with Gasteiger partial charge in [0.15, 0.2) is 11.4 Å². The summed E-state index contributed by atoms with van der Waals surface area (Å²) in [7, 11) is -5.03. The van der Waals surface area contributed by atoms with E-state index in [2.05, 4.69) is 14.5 Å². The van der Waals surface area contributed by atoms with E-state index in [-0.39, 0.29) is 34.7 Å². The van der Waals surface area contributed by atoms with Crippen LogP contribution >= 0.6 is 7.82 Å². The van der Waals surface area contributed by atoms with Crippen LogP contribution in [0.4, 0.5) is 22.9 Å². The summed E-state index contributed by atoms with van der Waals surface area (Å²) in [6.45, 7) is 3.02. The summed E-state index contributed by atoms with van der Waals surface area (Å²) in [5.74, 6) is -1.84. The molecule has 14 nitrogen and oxygen atoms in total.